The molecule has 0 fully saturated rings. The molecule has 1 rings (SSSR count). The Balaban J connectivity index is 3.40. The fraction of sp³-hybridized carbons (Fsp3) is 0.286. The number of aromatic amines is 1. The number of H-pyrrole nitrogens is 1. The monoisotopic (exact) mass is 196 g/mol. The van der Waals surface area contributed by atoms with Gasteiger partial charge in [0.15, 0.2) is 0 Å². The van der Waals surface area contributed by atoms with Crippen LogP contribution in [0.25, 0.3) is 0 Å². The molecule has 0 bridgehead atoms. The zero-order valence-corrected chi connectivity index (χ0v) is 8.03. The van der Waals surface area contributed by atoms with Gasteiger partial charge in [-0.05, 0) is 6.26 Å². The van der Waals surface area contributed by atoms with Crippen LogP contribution in [0.15, 0.2) is 9.82 Å². The molecule has 2 N–H and O–H groups in total. The van der Waals surface area contributed by atoms with Crippen LogP contribution in [0.2, 0.25) is 0 Å². The van der Waals surface area contributed by atoms with Crippen LogP contribution in [0.5, 0.6) is 0 Å². The van der Waals surface area contributed by atoms with Gasteiger partial charge in [-0.3, -0.25) is 9.78 Å². The Hall–Kier alpha value is -1.48. The summed E-state index contributed by atoms with van der Waals surface area (Å²) in [5.74, 6) is 0.369. The van der Waals surface area contributed by atoms with E-state index in [1.54, 1.807) is 13.3 Å². The maximum atomic E-state index is 11.2. The molecule has 1 aromatic rings. The van der Waals surface area contributed by atoms with Gasteiger partial charge in [0, 0.05) is 7.05 Å². The molecule has 1 heterocycles. The van der Waals surface area contributed by atoms with Crippen LogP contribution in [0.4, 0.5) is 5.95 Å². The van der Waals surface area contributed by atoms with Crippen molar-refractivity contribution in [3.8, 4) is 6.07 Å². The Kier molecular flexibility index (Phi) is 2.93. The number of nitriles is 1. The van der Waals surface area contributed by atoms with Crippen LogP contribution in [0.1, 0.15) is 5.56 Å². The fourth-order valence-electron chi connectivity index (χ4n) is 0.817. The molecule has 0 saturated carbocycles. The number of nitrogens with one attached hydrogen (secondary N) is 2. The molecule has 68 valence electrons. The highest BCUT2D eigenvalue weighted by molar-refractivity contribution is 7.98. The topological polar surface area (TPSA) is 81.6 Å². The van der Waals surface area contributed by atoms with Gasteiger partial charge in [-0.1, -0.05) is 0 Å². The second-order valence-electron chi connectivity index (χ2n) is 2.16. The smallest absolute Gasteiger partial charge is 0.271 e. The molecule has 0 radical (unpaired) electrons. The SMILES string of the molecule is CNc1nc(SC)c(C#N)c(=O)[nH]1. The zero-order valence-electron chi connectivity index (χ0n) is 7.21. The van der Waals surface area contributed by atoms with E-state index in [2.05, 4.69) is 15.3 Å². The van der Waals surface area contributed by atoms with Crippen LogP contribution >= 0.6 is 11.8 Å². The molecule has 6 heteroatoms. The highest BCUT2D eigenvalue weighted by Gasteiger charge is 2.08. The number of rotatable bonds is 2. The molecule has 0 aliphatic carbocycles. The van der Waals surface area contributed by atoms with Crippen LogP contribution in [-0.4, -0.2) is 23.3 Å². The first-order valence-corrected chi connectivity index (χ1v) is 4.71. The predicted molar refractivity (Wildman–Crippen MR) is 50.9 cm³/mol. The molecule has 13 heavy (non-hydrogen) atoms. The van der Waals surface area contributed by atoms with Gasteiger partial charge in [0.1, 0.15) is 16.7 Å². The van der Waals surface area contributed by atoms with Gasteiger partial charge in [0.05, 0.1) is 0 Å². The zero-order chi connectivity index (χ0) is 9.84. The van der Waals surface area contributed by atoms with Gasteiger partial charge in [-0.25, -0.2) is 4.98 Å². The summed E-state index contributed by atoms with van der Waals surface area (Å²) in [6.45, 7) is 0. The van der Waals surface area contributed by atoms with Crippen molar-refractivity contribution in [2.45, 2.75) is 5.03 Å². The summed E-state index contributed by atoms with van der Waals surface area (Å²) in [5.41, 5.74) is -0.349. The quantitative estimate of drug-likeness (QED) is 0.528. The predicted octanol–water partition coefficient (Wildman–Crippen LogP) is 0.405. The summed E-state index contributed by atoms with van der Waals surface area (Å²) < 4.78 is 0. The molecular formula is C7H8N4OS. The van der Waals surface area contributed by atoms with E-state index in [1.807, 2.05) is 6.07 Å². The van der Waals surface area contributed by atoms with Crippen LogP contribution in [-0.2, 0) is 0 Å². The lowest BCUT2D eigenvalue weighted by molar-refractivity contribution is 0.999. The fourth-order valence-corrected chi connectivity index (χ4v) is 1.34. The van der Waals surface area contributed by atoms with Crippen molar-refractivity contribution in [2.24, 2.45) is 0 Å². The van der Waals surface area contributed by atoms with Crippen molar-refractivity contribution in [1.82, 2.24) is 9.97 Å². The van der Waals surface area contributed by atoms with Crippen molar-refractivity contribution in [3.63, 3.8) is 0 Å². The third-order valence-corrected chi connectivity index (χ3v) is 2.11. The molecule has 0 unspecified atom stereocenters. The Labute approximate surface area is 79.2 Å². The van der Waals surface area contributed by atoms with Gasteiger partial charge < -0.3 is 5.32 Å². The molecule has 0 saturated heterocycles. The Morgan fingerprint density at radius 3 is 2.85 bits per heavy atom. The molecule has 1 aromatic heterocycles. The molecule has 0 amide bonds. The van der Waals surface area contributed by atoms with E-state index in [9.17, 15) is 4.79 Å². The van der Waals surface area contributed by atoms with E-state index in [-0.39, 0.29) is 5.56 Å². The van der Waals surface area contributed by atoms with E-state index in [4.69, 9.17) is 5.26 Å². The number of nitrogens with zero attached hydrogens (tertiary/aromatic N) is 2. The summed E-state index contributed by atoms with van der Waals surface area (Å²) in [4.78, 5) is 17.7. The van der Waals surface area contributed by atoms with Crippen molar-refractivity contribution >= 4 is 17.7 Å². The Bertz CT molecular complexity index is 406. The van der Waals surface area contributed by atoms with Crippen molar-refractivity contribution in [1.29, 1.82) is 5.26 Å². The van der Waals surface area contributed by atoms with E-state index >= 15 is 0 Å². The highest BCUT2D eigenvalue weighted by atomic mass is 32.2. The van der Waals surface area contributed by atoms with E-state index in [0.29, 0.717) is 11.0 Å². The van der Waals surface area contributed by atoms with E-state index < -0.39 is 5.56 Å². The average molecular weight is 196 g/mol. The minimum absolute atomic E-state index is 0.0616. The third kappa shape index (κ3) is 1.81. The second-order valence-corrected chi connectivity index (χ2v) is 2.96. The first-order valence-electron chi connectivity index (χ1n) is 3.49. The van der Waals surface area contributed by atoms with E-state index in [1.165, 1.54) is 11.8 Å². The van der Waals surface area contributed by atoms with Gasteiger partial charge in [0.2, 0.25) is 5.95 Å². The standard InChI is InChI=1S/C7H8N4OS/c1-9-7-10-5(12)4(3-8)6(11-7)13-2/h1-2H3,(H2,9,10,11,12). The van der Waals surface area contributed by atoms with Crippen LogP contribution < -0.4 is 10.9 Å². The third-order valence-electron chi connectivity index (χ3n) is 1.43. The number of hydrogen-bond acceptors (Lipinski definition) is 5. The summed E-state index contributed by atoms with van der Waals surface area (Å²) in [6, 6.07) is 1.81. The summed E-state index contributed by atoms with van der Waals surface area (Å²) in [5, 5.41) is 11.8. The largest absolute Gasteiger partial charge is 0.359 e. The number of anilines is 1. The minimum atomic E-state index is -0.411. The van der Waals surface area contributed by atoms with Gasteiger partial charge in [-0.2, -0.15) is 5.26 Å². The first kappa shape index (κ1) is 9.61. The minimum Gasteiger partial charge on any atom is -0.359 e. The first-order chi connectivity index (χ1) is 6.22. The summed E-state index contributed by atoms with van der Waals surface area (Å²) in [7, 11) is 1.65. The maximum absolute atomic E-state index is 11.2. The number of thioether (sulfide) groups is 1. The van der Waals surface area contributed by atoms with Gasteiger partial charge in [-0.15, -0.1) is 11.8 Å². The highest BCUT2D eigenvalue weighted by Crippen LogP contribution is 2.14. The summed E-state index contributed by atoms with van der Waals surface area (Å²) in [6.07, 6.45) is 1.77. The lowest BCUT2D eigenvalue weighted by Gasteiger charge is -2.01. The number of hydrogen-bond donors (Lipinski definition) is 2. The Morgan fingerprint density at radius 1 is 1.69 bits per heavy atom. The lowest BCUT2D eigenvalue weighted by Crippen LogP contribution is -2.15. The molecular weight excluding hydrogens is 188 g/mol. The average Bonchev–Trinajstić information content (AvgIpc) is 2.16. The van der Waals surface area contributed by atoms with E-state index in [0.717, 1.165) is 0 Å². The molecule has 0 aliphatic rings. The van der Waals surface area contributed by atoms with Crippen LogP contribution in [0, 0.1) is 11.3 Å². The van der Waals surface area contributed by atoms with Gasteiger partial charge >= 0.3 is 0 Å². The van der Waals surface area contributed by atoms with Crippen molar-refractivity contribution in [2.75, 3.05) is 18.6 Å². The Morgan fingerprint density at radius 2 is 2.38 bits per heavy atom. The second kappa shape index (κ2) is 3.96. The molecule has 0 aliphatic heterocycles. The lowest BCUT2D eigenvalue weighted by atomic mass is 10.4. The maximum Gasteiger partial charge on any atom is 0.271 e. The normalized spacial score (nSPS) is 9.31. The van der Waals surface area contributed by atoms with Crippen molar-refractivity contribution in [3.05, 3.63) is 15.9 Å². The van der Waals surface area contributed by atoms with Crippen molar-refractivity contribution < 1.29 is 0 Å². The van der Waals surface area contributed by atoms with Crippen LogP contribution in [0.3, 0.4) is 0 Å². The molecule has 0 aromatic carbocycles. The molecule has 5 nitrogen and oxygen atoms in total. The molecule has 0 spiro atoms. The van der Waals surface area contributed by atoms with Gasteiger partial charge in [0.25, 0.3) is 5.56 Å². The summed E-state index contributed by atoms with van der Waals surface area (Å²) >= 11 is 1.27. The molecule has 0 atom stereocenters. The number of aromatic nitrogens is 2.